The molecule has 1 N–H and O–H groups in total. The summed E-state index contributed by atoms with van der Waals surface area (Å²) in [5.74, 6) is 1.26. The lowest BCUT2D eigenvalue weighted by Gasteiger charge is -2.20. The molecule has 2 aromatic carbocycles. The molecule has 0 atom stereocenters. The second-order valence-corrected chi connectivity index (χ2v) is 6.17. The summed E-state index contributed by atoms with van der Waals surface area (Å²) in [4.78, 5) is 23.1. The van der Waals surface area contributed by atoms with E-state index in [1.54, 1.807) is 11.1 Å². The quantitative estimate of drug-likeness (QED) is 0.635. The Labute approximate surface area is 165 Å². The molecule has 0 radical (unpaired) electrons. The van der Waals surface area contributed by atoms with Crippen molar-refractivity contribution in [3.63, 3.8) is 0 Å². The van der Waals surface area contributed by atoms with E-state index in [2.05, 4.69) is 15.3 Å². The molecule has 3 rings (SSSR count). The monoisotopic (exact) mass is 376 g/mol. The average Bonchev–Trinajstić information content (AvgIpc) is 2.74. The molecule has 144 valence electrons. The van der Waals surface area contributed by atoms with Crippen molar-refractivity contribution in [2.24, 2.45) is 0 Å². The maximum atomic E-state index is 12.7. The molecule has 0 unspecified atom stereocenters. The van der Waals surface area contributed by atoms with Gasteiger partial charge in [0, 0.05) is 18.8 Å². The van der Waals surface area contributed by atoms with Crippen LogP contribution in [0.3, 0.4) is 0 Å². The lowest BCUT2D eigenvalue weighted by Crippen LogP contribution is -2.31. The van der Waals surface area contributed by atoms with Crippen LogP contribution in [0.4, 0.5) is 11.5 Å². The van der Waals surface area contributed by atoms with Gasteiger partial charge in [-0.1, -0.05) is 30.3 Å². The van der Waals surface area contributed by atoms with Crippen LogP contribution in [0.25, 0.3) is 0 Å². The number of aromatic nitrogens is 2. The summed E-state index contributed by atoms with van der Waals surface area (Å²) in [5, 5.41) is 3.17. The van der Waals surface area contributed by atoms with E-state index < -0.39 is 0 Å². The SMILES string of the molecule is CCOc1ccc(Nc2cnc(C(=O)N(CC)Cc3ccccc3)cn2)cc1. The first-order valence-corrected chi connectivity index (χ1v) is 9.34. The fourth-order valence-corrected chi connectivity index (χ4v) is 2.75. The van der Waals surface area contributed by atoms with Gasteiger partial charge in [-0.25, -0.2) is 9.97 Å². The highest BCUT2D eigenvalue weighted by molar-refractivity contribution is 5.92. The number of hydrogen-bond donors (Lipinski definition) is 1. The number of nitrogens with one attached hydrogen (secondary N) is 1. The largest absolute Gasteiger partial charge is 0.494 e. The summed E-state index contributed by atoms with van der Waals surface area (Å²) >= 11 is 0. The molecule has 0 spiro atoms. The zero-order valence-electron chi connectivity index (χ0n) is 16.1. The standard InChI is InChI=1S/C22H24N4O2/c1-3-26(16-17-8-6-5-7-9-17)22(27)20-14-24-21(15-23-20)25-18-10-12-19(13-11-18)28-4-2/h5-15H,3-4,16H2,1-2H3,(H,24,25). The van der Waals surface area contributed by atoms with Crippen LogP contribution < -0.4 is 10.1 Å². The van der Waals surface area contributed by atoms with E-state index >= 15 is 0 Å². The van der Waals surface area contributed by atoms with Gasteiger partial charge >= 0.3 is 0 Å². The summed E-state index contributed by atoms with van der Waals surface area (Å²) < 4.78 is 5.43. The van der Waals surface area contributed by atoms with Crippen LogP contribution in [0.15, 0.2) is 67.0 Å². The number of nitrogens with zero attached hydrogens (tertiary/aromatic N) is 3. The molecule has 0 fully saturated rings. The Bertz CT molecular complexity index is 881. The van der Waals surface area contributed by atoms with Crippen molar-refractivity contribution in [1.29, 1.82) is 0 Å². The lowest BCUT2D eigenvalue weighted by molar-refractivity contribution is 0.0746. The van der Waals surface area contributed by atoms with E-state index in [1.807, 2.05) is 68.4 Å². The first-order chi connectivity index (χ1) is 13.7. The van der Waals surface area contributed by atoms with Gasteiger partial charge in [0.15, 0.2) is 0 Å². The highest BCUT2D eigenvalue weighted by atomic mass is 16.5. The van der Waals surface area contributed by atoms with Gasteiger partial charge < -0.3 is 15.0 Å². The molecular formula is C22H24N4O2. The number of rotatable bonds is 8. The third-order valence-corrected chi connectivity index (χ3v) is 4.19. The smallest absolute Gasteiger partial charge is 0.274 e. The van der Waals surface area contributed by atoms with Crippen LogP contribution in [0.2, 0.25) is 0 Å². The minimum atomic E-state index is -0.133. The van der Waals surface area contributed by atoms with Crippen LogP contribution >= 0.6 is 0 Å². The molecule has 1 heterocycles. The molecule has 28 heavy (non-hydrogen) atoms. The van der Waals surface area contributed by atoms with Gasteiger partial charge in [0.2, 0.25) is 0 Å². The van der Waals surface area contributed by atoms with Gasteiger partial charge in [0.1, 0.15) is 17.3 Å². The average molecular weight is 376 g/mol. The third kappa shape index (κ3) is 5.07. The molecule has 0 aliphatic heterocycles. The molecule has 0 saturated heterocycles. The van der Waals surface area contributed by atoms with E-state index in [1.165, 1.54) is 6.20 Å². The molecule has 0 bridgehead atoms. The topological polar surface area (TPSA) is 67.3 Å². The number of amides is 1. The lowest BCUT2D eigenvalue weighted by atomic mass is 10.2. The molecule has 3 aromatic rings. The van der Waals surface area contributed by atoms with E-state index in [9.17, 15) is 4.79 Å². The second-order valence-electron chi connectivity index (χ2n) is 6.17. The van der Waals surface area contributed by atoms with Crippen molar-refractivity contribution in [3.8, 4) is 5.75 Å². The Morgan fingerprint density at radius 1 is 1.00 bits per heavy atom. The molecule has 1 amide bonds. The Balaban J connectivity index is 1.64. The van der Waals surface area contributed by atoms with Crippen LogP contribution in [-0.2, 0) is 6.54 Å². The van der Waals surface area contributed by atoms with Gasteiger partial charge in [0.05, 0.1) is 19.0 Å². The Morgan fingerprint density at radius 2 is 1.75 bits per heavy atom. The van der Waals surface area contributed by atoms with Crippen molar-refractivity contribution >= 4 is 17.4 Å². The molecule has 6 heteroatoms. The van der Waals surface area contributed by atoms with Gasteiger partial charge in [0.25, 0.3) is 5.91 Å². The first kappa shape index (κ1) is 19.4. The maximum absolute atomic E-state index is 12.7. The normalized spacial score (nSPS) is 10.4. The predicted octanol–water partition coefficient (Wildman–Crippen LogP) is 4.28. The summed E-state index contributed by atoms with van der Waals surface area (Å²) in [6.45, 7) is 5.68. The summed E-state index contributed by atoms with van der Waals surface area (Å²) in [6.07, 6.45) is 3.08. The summed E-state index contributed by atoms with van der Waals surface area (Å²) in [6, 6.07) is 17.5. The van der Waals surface area contributed by atoms with Crippen molar-refractivity contribution < 1.29 is 9.53 Å². The second kappa shape index (κ2) is 9.50. The molecule has 0 aliphatic rings. The van der Waals surface area contributed by atoms with Crippen LogP contribution in [0.5, 0.6) is 5.75 Å². The Morgan fingerprint density at radius 3 is 2.36 bits per heavy atom. The van der Waals surface area contributed by atoms with Crippen LogP contribution in [0, 0.1) is 0 Å². The van der Waals surface area contributed by atoms with Crippen molar-refractivity contribution in [2.75, 3.05) is 18.5 Å². The van der Waals surface area contributed by atoms with E-state index in [0.29, 0.717) is 31.2 Å². The van der Waals surface area contributed by atoms with Gasteiger partial charge in [-0.15, -0.1) is 0 Å². The number of benzene rings is 2. The number of ether oxygens (including phenoxy) is 1. The summed E-state index contributed by atoms with van der Waals surface area (Å²) in [5.41, 5.74) is 2.28. The molecule has 0 saturated carbocycles. The summed E-state index contributed by atoms with van der Waals surface area (Å²) in [7, 11) is 0. The van der Waals surface area contributed by atoms with Crippen molar-refractivity contribution in [2.45, 2.75) is 20.4 Å². The number of carbonyl (C=O) groups excluding carboxylic acids is 1. The molecule has 1 aromatic heterocycles. The molecule has 0 aliphatic carbocycles. The van der Waals surface area contributed by atoms with Gasteiger partial charge in [-0.05, 0) is 43.7 Å². The van der Waals surface area contributed by atoms with Gasteiger partial charge in [-0.3, -0.25) is 4.79 Å². The van der Waals surface area contributed by atoms with Crippen molar-refractivity contribution in [3.05, 3.63) is 78.2 Å². The predicted molar refractivity (Wildman–Crippen MR) is 110 cm³/mol. The number of hydrogen-bond acceptors (Lipinski definition) is 5. The number of anilines is 2. The fraction of sp³-hybridized carbons (Fsp3) is 0.227. The van der Waals surface area contributed by atoms with E-state index in [0.717, 1.165) is 17.0 Å². The van der Waals surface area contributed by atoms with Crippen molar-refractivity contribution in [1.82, 2.24) is 14.9 Å². The minimum absolute atomic E-state index is 0.133. The first-order valence-electron chi connectivity index (χ1n) is 9.34. The fourth-order valence-electron chi connectivity index (χ4n) is 2.75. The number of carbonyl (C=O) groups is 1. The maximum Gasteiger partial charge on any atom is 0.274 e. The van der Waals surface area contributed by atoms with Crippen LogP contribution in [-0.4, -0.2) is 33.9 Å². The van der Waals surface area contributed by atoms with Crippen LogP contribution in [0.1, 0.15) is 29.9 Å². The Kier molecular flexibility index (Phi) is 6.57. The van der Waals surface area contributed by atoms with Gasteiger partial charge in [-0.2, -0.15) is 0 Å². The molecule has 6 nitrogen and oxygen atoms in total. The Hall–Kier alpha value is -3.41. The van der Waals surface area contributed by atoms with E-state index in [4.69, 9.17) is 4.74 Å². The van der Waals surface area contributed by atoms with E-state index in [-0.39, 0.29) is 5.91 Å². The zero-order chi connectivity index (χ0) is 19.8. The zero-order valence-corrected chi connectivity index (χ0v) is 16.1. The minimum Gasteiger partial charge on any atom is -0.494 e. The highest BCUT2D eigenvalue weighted by Crippen LogP contribution is 2.19. The highest BCUT2D eigenvalue weighted by Gasteiger charge is 2.16. The molecular weight excluding hydrogens is 352 g/mol. The third-order valence-electron chi connectivity index (χ3n) is 4.19.